The van der Waals surface area contributed by atoms with Crippen molar-refractivity contribution in [3.8, 4) is 0 Å². The van der Waals surface area contributed by atoms with Crippen LogP contribution in [0.5, 0.6) is 0 Å². The summed E-state index contributed by atoms with van der Waals surface area (Å²) in [5.74, 6) is 0. The average Bonchev–Trinajstić information content (AvgIpc) is 3.36. The molecule has 148 valence electrons. The molecule has 6 heteroatoms. The van der Waals surface area contributed by atoms with Gasteiger partial charge in [-0.05, 0) is 24.8 Å². The lowest BCUT2D eigenvalue weighted by Crippen LogP contribution is -2.58. The predicted molar refractivity (Wildman–Crippen MR) is 104 cm³/mol. The number of carbonyl (C=O) groups excluding carboxylic acids is 1. The van der Waals surface area contributed by atoms with E-state index in [1.54, 1.807) is 4.90 Å². The Morgan fingerprint density at radius 2 is 1.78 bits per heavy atom. The zero-order valence-electron chi connectivity index (χ0n) is 16.0. The van der Waals surface area contributed by atoms with Gasteiger partial charge in [0, 0.05) is 31.7 Å². The molecule has 0 aromatic heterocycles. The van der Waals surface area contributed by atoms with E-state index in [-0.39, 0.29) is 11.6 Å². The molecule has 1 saturated carbocycles. The highest BCUT2D eigenvalue weighted by Crippen LogP contribution is 2.36. The van der Waals surface area contributed by atoms with Crippen molar-refractivity contribution in [2.75, 3.05) is 45.9 Å². The molecule has 3 fully saturated rings. The molecule has 0 radical (unpaired) electrons. The van der Waals surface area contributed by atoms with Crippen LogP contribution in [0, 0.1) is 0 Å². The first kappa shape index (κ1) is 18.7. The van der Waals surface area contributed by atoms with E-state index >= 15 is 0 Å². The van der Waals surface area contributed by atoms with E-state index in [2.05, 4.69) is 10.2 Å². The monoisotopic (exact) mass is 373 g/mol. The number of amides is 2. The fraction of sp³-hybridized carbons (Fsp3) is 0.667. The van der Waals surface area contributed by atoms with Crippen LogP contribution < -0.4 is 5.32 Å². The Bertz CT molecular complexity index is 641. The van der Waals surface area contributed by atoms with Gasteiger partial charge in [-0.2, -0.15) is 0 Å². The average molecular weight is 373 g/mol. The van der Waals surface area contributed by atoms with Gasteiger partial charge in [0.05, 0.1) is 19.8 Å². The number of likely N-dealkylation sites (tertiary alicyclic amines) is 1. The van der Waals surface area contributed by atoms with Crippen molar-refractivity contribution in [1.82, 2.24) is 15.1 Å². The number of aliphatic hydroxyl groups is 1. The molecule has 2 amide bonds. The standard InChI is InChI=1S/C21H31N3O3/c25-19(23-11-10-21(26,17-23)18-6-2-1-3-7-18)22-16-20(8-4-5-9-20)24-12-14-27-15-13-24/h1-3,6-7,26H,4-5,8-17H2,(H,22,25)/t21-/m0/s1. The number of β-amino-alcohol motifs (C(OH)–C–C–N with tert-alkyl or cyclic N) is 1. The summed E-state index contributed by atoms with van der Waals surface area (Å²) in [4.78, 5) is 17.1. The Morgan fingerprint density at radius 3 is 2.48 bits per heavy atom. The van der Waals surface area contributed by atoms with Crippen molar-refractivity contribution in [2.24, 2.45) is 0 Å². The molecule has 3 aliphatic rings. The predicted octanol–water partition coefficient (Wildman–Crippen LogP) is 1.93. The summed E-state index contributed by atoms with van der Waals surface area (Å²) >= 11 is 0. The number of rotatable bonds is 4. The number of hydrogen-bond donors (Lipinski definition) is 2. The minimum absolute atomic E-state index is 0.0543. The van der Waals surface area contributed by atoms with Gasteiger partial charge in [0.2, 0.25) is 0 Å². The zero-order chi connectivity index (χ0) is 18.7. The van der Waals surface area contributed by atoms with Crippen LogP contribution in [0.2, 0.25) is 0 Å². The van der Waals surface area contributed by atoms with Crippen LogP contribution >= 0.6 is 0 Å². The first-order chi connectivity index (χ1) is 13.1. The lowest BCUT2D eigenvalue weighted by molar-refractivity contribution is -0.0198. The van der Waals surface area contributed by atoms with Crippen molar-refractivity contribution >= 4 is 6.03 Å². The van der Waals surface area contributed by atoms with Gasteiger partial charge in [0.15, 0.2) is 0 Å². The summed E-state index contributed by atoms with van der Waals surface area (Å²) in [6.45, 7) is 5.10. The van der Waals surface area contributed by atoms with Gasteiger partial charge in [0.1, 0.15) is 5.60 Å². The van der Waals surface area contributed by atoms with Gasteiger partial charge in [-0.3, -0.25) is 4.90 Å². The second kappa shape index (κ2) is 7.78. The summed E-state index contributed by atoms with van der Waals surface area (Å²) in [6.07, 6.45) is 5.32. The molecule has 2 heterocycles. The number of ether oxygens (including phenoxy) is 1. The maximum atomic E-state index is 12.8. The number of hydrogen-bond acceptors (Lipinski definition) is 4. The van der Waals surface area contributed by atoms with Crippen molar-refractivity contribution in [1.29, 1.82) is 0 Å². The van der Waals surface area contributed by atoms with Crippen molar-refractivity contribution in [3.63, 3.8) is 0 Å². The maximum absolute atomic E-state index is 12.8. The molecule has 2 aliphatic heterocycles. The van der Waals surface area contributed by atoms with Crippen molar-refractivity contribution in [2.45, 2.75) is 43.2 Å². The summed E-state index contributed by atoms with van der Waals surface area (Å²) in [6, 6.07) is 9.63. The molecule has 0 spiro atoms. The third kappa shape index (κ3) is 3.84. The van der Waals surface area contributed by atoms with Gasteiger partial charge in [-0.15, -0.1) is 0 Å². The first-order valence-corrected chi connectivity index (χ1v) is 10.2. The second-order valence-corrected chi connectivity index (χ2v) is 8.26. The summed E-state index contributed by atoms with van der Waals surface area (Å²) in [5, 5.41) is 14.2. The number of urea groups is 1. The third-order valence-corrected chi connectivity index (χ3v) is 6.63. The highest BCUT2D eigenvalue weighted by Gasteiger charge is 2.42. The summed E-state index contributed by atoms with van der Waals surface area (Å²) in [5.41, 5.74) is 0.0313. The molecule has 0 unspecified atom stereocenters. The van der Waals surface area contributed by atoms with Crippen LogP contribution in [0.3, 0.4) is 0 Å². The topological polar surface area (TPSA) is 65.0 Å². The zero-order valence-corrected chi connectivity index (χ0v) is 16.0. The molecule has 1 aromatic rings. The van der Waals surface area contributed by atoms with Crippen LogP contribution in [-0.2, 0) is 10.3 Å². The minimum atomic E-state index is -0.937. The van der Waals surface area contributed by atoms with Crippen molar-refractivity contribution in [3.05, 3.63) is 35.9 Å². The molecule has 1 aliphatic carbocycles. The van der Waals surface area contributed by atoms with Gasteiger partial charge in [-0.25, -0.2) is 4.79 Å². The molecule has 1 aromatic carbocycles. The molecular formula is C21H31N3O3. The molecular weight excluding hydrogens is 342 g/mol. The molecule has 4 rings (SSSR count). The molecule has 1 atom stereocenters. The van der Waals surface area contributed by atoms with Crippen LogP contribution in [0.15, 0.2) is 30.3 Å². The summed E-state index contributed by atoms with van der Waals surface area (Å²) in [7, 11) is 0. The maximum Gasteiger partial charge on any atom is 0.317 e. The molecule has 27 heavy (non-hydrogen) atoms. The van der Waals surface area contributed by atoms with E-state index in [0.29, 0.717) is 26.1 Å². The SMILES string of the molecule is O=C(NCC1(N2CCOCC2)CCCC1)N1CC[C@@](O)(c2ccccc2)C1. The Hall–Kier alpha value is -1.63. The summed E-state index contributed by atoms with van der Waals surface area (Å²) < 4.78 is 5.51. The normalized spacial score (nSPS) is 28.4. The fourth-order valence-corrected chi connectivity index (χ4v) is 4.98. The number of nitrogens with one attached hydrogen (secondary N) is 1. The van der Waals surface area contributed by atoms with E-state index in [1.807, 2.05) is 30.3 Å². The van der Waals surface area contributed by atoms with Crippen LogP contribution in [0.25, 0.3) is 0 Å². The highest BCUT2D eigenvalue weighted by molar-refractivity contribution is 5.74. The van der Waals surface area contributed by atoms with Crippen molar-refractivity contribution < 1.29 is 14.6 Å². The smallest absolute Gasteiger partial charge is 0.317 e. The Kier molecular flexibility index (Phi) is 5.39. The number of benzene rings is 1. The van der Waals surface area contributed by atoms with Crippen LogP contribution in [0.4, 0.5) is 4.79 Å². The Morgan fingerprint density at radius 1 is 1.07 bits per heavy atom. The van der Waals surface area contributed by atoms with E-state index in [9.17, 15) is 9.90 Å². The Labute approximate surface area is 161 Å². The number of nitrogens with zero attached hydrogens (tertiary/aromatic N) is 2. The van der Waals surface area contributed by atoms with E-state index < -0.39 is 5.60 Å². The number of morpholine rings is 1. The molecule has 6 nitrogen and oxygen atoms in total. The number of carbonyl (C=O) groups is 1. The fourth-order valence-electron chi connectivity index (χ4n) is 4.98. The first-order valence-electron chi connectivity index (χ1n) is 10.2. The highest BCUT2D eigenvalue weighted by atomic mass is 16.5. The van der Waals surface area contributed by atoms with Crippen LogP contribution in [0.1, 0.15) is 37.7 Å². The third-order valence-electron chi connectivity index (χ3n) is 6.63. The Balaban J connectivity index is 1.36. The van der Waals surface area contributed by atoms with Crippen LogP contribution in [-0.4, -0.2) is 72.4 Å². The molecule has 2 saturated heterocycles. The van der Waals surface area contributed by atoms with Gasteiger partial charge >= 0.3 is 6.03 Å². The largest absolute Gasteiger partial charge is 0.383 e. The molecule has 0 bridgehead atoms. The minimum Gasteiger partial charge on any atom is -0.383 e. The van der Waals surface area contributed by atoms with Gasteiger partial charge < -0.3 is 20.1 Å². The second-order valence-electron chi connectivity index (χ2n) is 8.26. The van der Waals surface area contributed by atoms with E-state index in [1.165, 1.54) is 12.8 Å². The van der Waals surface area contributed by atoms with E-state index in [0.717, 1.165) is 44.7 Å². The quantitative estimate of drug-likeness (QED) is 0.847. The molecule has 2 N–H and O–H groups in total. The van der Waals surface area contributed by atoms with E-state index in [4.69, 9.17) is 4.74 Å². The van der Waals surface area contributed by atoms with Gasteiger partial charge in [0.25, 0.3) is 0 Å². The lowest BCUT2D eigenvalue weighted by Gasteiger charge is -2.43. The van der Waals surface area contributed by atoms with Gasteiger partial charge in [-0.1, -0.05) is 43.2 Å². The lowest BCUT2D eigenvalue weighted by atomic mass is 9.93.